The van der Waals surface area contributed by atoms with Gasteiger partial charge in [-0.3, -0.25) is 9.44 Å². The Morgan fingerprint density at radius 2 is 1.19 bits per heavy atom. The van der Waals surface area contributed by atoms with Gasteiger partial charge in [0.2, 0.25) is 0 Å². The van der Waals surface area contributed by atoms with Gasteiger partial charge >= 0.3 is 0 Å². The van der Waals surface area contributed by atoms with Crippen molar-refractivity contribution in [3.63, 3.8) is 0 Å². The summed E-state index contributed by atoms with van der Waals surface area (Å²) in [5.74, 6) is -4.30. The molecule has 0 saturated heterocycles. The minimum Gasteiger partial charge on any atom is -0.495 e. The number of hydrogen-bond donors (Lipinski definition) is 2. The van der Waals surface area contributed by atoms with Crippen LogP contribution in [0.5, 0.6) is 5.75 Å². The fraction of sp³-hybridized carbons (Fsp3) is 0.0526. The summed E-state index contributed by atoms with van der Waals surface area (Å²) in [5.41, 5.74) is -1.43. The maximum absolute atomic E-state index is 13.9. The molecule has 0 unspecified atom stereocenters. The molecule has 3 aromatic carbocycles. The van der Waals surface area contributed by atoms with Crippen LogP contribution in [-0.4, -0.2) is 23.9 Å². The summed E-state index contributed by atoms with van der Waals surface area (Å²) in [6.07, 6.45) is 0. The van der Waals surface area contributed by atoms with E-state index in [1.165, 1.54) is 0 Å². The number of anilines is 2. The van der Waals surface area contributed by atoms with Crippen molar-refractivity contribution >= 4 is 31.4 Å². The molecule has 0 aliphatic rings. The first-order valence-electron chi connectivity index (χ1n) is 8.57. The Morgan fingerprint density at radius 3 is 1.69 bits per heavy atom. The number of ether oxygens (including phenoxy) is 1. The topological polar surface area (TPSA) is 102 Å². The van der Waals surface area contributed by atoms with E-state index in [0.29, 0.717) is 30.3 Å². The summed E-state index contributed by atoms with van der Waals surface area (Å²) < 4.78 is 114. The number of nitrogens with one attached hydrogen (secondary N) is 2. The van der Waals surface area contributed by atoms with E-state index in [1.54, 1.807) is 0 Å². The van der Waals surface area contributed by atoms with Gasteiger partial charge in [0.1, 0.15) is 33.9 Å². The molecule has 0 atom stereocenters. The molecular formula is C19H14F4N2O5S2. The zero-order chi connectivity index (χ0) is 23.7. The van der Waals surface area contributed by atoms with Crippen molar-refractivity contribution in [2.45, 2.75) is 9.79 Å². The highest BCUT2D eigenvalue weighted by molar-refractivity contribution is 7.93. The molecule has 32 heavy (non-hydrogen) atoms. The van der Waals surface area contributed by atoms with Crippen LogP contribution < -0.4 is 14.2 Å². The third-order valence-electron chi connectivity index (χ3n) is 4.08. The number of halogens is 4. The Morgan fingerprint density at radius 1 is 0.688 bits per heavy atom. The van der Waals surface area contributed by atoms with Gasteiger partial charge in [0.05, 0.1) is 23.4 Å². The molecule has 0 aliphatic heterocycles. The predicted octanol–water partition coefficient (Wildman–Crippen LogP) is 3.85. The molecule has 0 saturated carbocycles. The van der Waals surface area contributed by atoms with E-state index >= 15 is 0 Å². The number of sulfonamides is 2. The Balaban J connectivity index is 2.04. The van der Waals surface area contributed by atoms with Crippen LogP contribution in [0.15, 0.2) is 64.4 Å². The Labute approximate surface area is 180 Å². The van der Waals surface area contributed by atoms with Gasteiger partial charge in [-0.1, -0.05) is 0 Å². The summed E-state index contributed by atoms with van der Waals surface area (Å²) in [4.78, 5) is -1.38. The normalized spacial score (nSPS) is 11.8. The standard InChI is InChI=1S/C19H14F4N2O5S2/c1-30-18-7-4-13(31(26,27)24-16-8-11(20)2-5-14(16)22)10-19(18)32(28,29)25-17-9-12(21)3-6-15(17)23/h2-10,24-25H,1H3. The van der Waals surface area contributed by atoms with Crippen molar-refractivity contribution in [3.05, 3.63) is 77.9 Å². The van der Waals surface area contributed by atoms with Crippen molar-refractivity contribution in [2.24, 2.45) is 0 Å². The Kier molecular flexibility index (Phi) is 6.32. The molecule has 0 aliphatic carbocycles. The molecule has 0 bridgehead atoms. The maximum Gasteiger partial charge on any atom is 0.265 e. The van der Waals surface area contributed by atoms with Gasteiger partial charge in [-0.15, -0.1) is 0 Å². The molecule has 2 N–H and O–H groups in total. The third kappa shape index (κ3) is 4.94. The van der Waals surface area contributed by atoms with Crippen LogP contribution in [0.4, 0.5) is 28.9 Å². The molecule has 7 nitrogen and oxygen atoms in total. The molecule has 0 heterocycles. The lowest BCUT2D eigenvalue weighted by Crippen LogP contribution is -2.18. The zero-order valence-corrected chi connectivity index (χ0v) is 17.7. The SMILES string of the molecule is COc1ccc(S(=O)(=O)Nc2cc(F)ccc2F)cc1S(=O)(=O)Nc1cc(F)ccc1F. The summed E-state index contributed by atoms with van der Waals surface area (Å²) >= 11 is 0. The van der Waals surface area contributed by atoms with Crippen LogP contribution in [-0.2, 0) is 20.0 Å². The molecule has 0 fully saturated rings. The van der Waals surface area contributed by atoms with E-state index in [9.17, 15) is 34.4 Å². The molecule has 0 aromatic heterocycles. The summed E-state index contributed by atoms with van der Waals surface area (Å²) in [6.45, 7) is 0. The van der Waals surface area contributed by atoms with Gasteiger partial charge in [-0.25, -0.2) is 34.4 Å². The molecule has 3 aromatic rings. The second kappa shape index (κ2) is 8.67. The fourth-order valence-electron chi connectivity index (χ4n) is 2.59. The monoisotopic (exact) mass is 490 g/mol. The van der Waals surface area contributed by atoms with Crippen LogP contribution in [0.1, 0.15) is 0 Å². The largest absolute Gasteiger partial charge is 0.495 e. The first-order chi connectivity index (χ1) is 14.9. The summed E-state index contributed by atoms with van der Waals surface area (Å²) in [5, 5.41) is 0. The first-order valence-corrected chi connectivity index (χ1v) is 11.5. The lowest BCUT2D eigenvalue weighted by Gasteiger charge is -2.14. The van der Waals surface area contributed by atoms with E-state index in [2.05, 4.69) is 0 Å². The first kappa shape index (κ1) is 23.3. The smallest absolute Gasteiger partial charge is 0.265 e. The van der Waals surface area contributed by atoms with Crippen molar-refractivity contribution < 1.29 is 39.1 Å². The number of rotatable bonds is 7. The van der Waals surface area contributed by atoms with Gasteiger partial charge in [0.15, 0.2) is 0 Å². The molecule has 0 amide bonds. The van der Waals surface area contributed by atoms with E-state index in [0.717, 1.165) is 31.4 Å². The van der Waals surface area contributed by atoms with E-state index < -0.39 is 64.5 Å². The lowest BCUT2D eigenvalue weighted by molar-refractivity contribution is 0.402. The van der Waals surface area contributed by atoms with Gasteiger partial charge < -0.3 is 4.74 Å². The number of hydrogen-bond acceptors (Lipinski definition) is 5. The summed E-state index contributed by atoms with van der Waals surface area (Å²) in [6, 6.07) is 6.76. The van der Waals surface area contributed by atoms with Crippen LogP contribution in [0.3, 0.4) is 0 Å². The Hall–Kier alpha value is -3.32. The third-order valence-corrected chi connectivity index (χ3v) is 6.83. The van der Waals surface area contributed by atoms with Crippen molar-refractivity contribution in [3.8, 4) is 5.75 Å². The molecule has 0 radical (unpaired) electrons. The van der Waals surface area contributed by atoms with Crippen LogP contribution in [0, 0.1) is 23.3 Å². The van der Waals surface area contributed by atoms with E-state index in [4.69, 9.17) is 4.74 Å². The molecule has 13 heteroatoms. The highest BCUT2D eigenvalue weighted by Gasteiger charge is 2.26. The summed E-state index contributed by atoms with van der Waals surface area (Å²) in [7, 11) is -8.16. The van der Waals surface area contributed by atoms with E-state index in [-0.39, 0.29) is 5.75 Å². The Bertz CT molecular complexity index is 1400. The molecule has 3 rings (SSSR count). The predicted molar refractivity (Wildman–Crippen MR) is 107 cm³/mol. The average molecular weight is 490 g/mol. The van der Waals surface area contributed by atoms with Gasteiger partial charge in [0, 0.05) is 12.1 Å². The molecule has 0 spiro atoms. The van der Waals surface area contributed by atoms with Gasteiger partial charge in [-0.2, -0.15) is 0 Å². The molecule has 170 valence electrons. The second-order valence-electron chi connectivity index (χ2n) is 6.27. The quantitative estimate of drug-likeness (QED) is 0.490. The maximum atomic E-state index is 13.9. The van der Waals surface area contributed by atoms with E-state index in [1.807, 2.05) is 9.44 Å². The second-order valence-corrected chi connectivity index (χ2v) is 9.61. The van der Waals surface area contributed by atoms with Crippen molar-refractivity contribution in [1.82, 2.24) is 0 Å². The van der Waals surface area contributed by atoms with Crippen molar-refractivity contribution in [2.75, 3.05) is 16.6 Å². The molecular weight excluding hydrogens is 476 g/mol. The van der Waals surface area contributed by atoms with Gasteiger partial charge in [-0.05, 0) is 42.5 Å². The van der Waals surface area contributed by atoms with Crippen LogP contribution in [0.2, 0.25) is 0 Å². The van der Waals surface area contributed by atoms with Crippen molar-refractivity contribution in [1.29, 1.82) is 0 Å². The fourth-order valence-corrected chi connectivity index (χ4v) is 5.00. The number of methoxy groups -OCH3 is 1. The highest BCUT2D eigenvalue weighted by Crippen LogP contribution is 2.30. The van der Waals surface area contributed by atoms with Crippen LogP contribution >= 0.6 is 0 Å². The average Bonchev–Trinajstić information content (AvgIpc) is 2.72. The zero-order valence-electron chi connectivity index (χ0n) is 16.1. The lowest BCUT2D eigenvalue weighted by atomic mass is 10.3. The minimum atomic E-state index is -4.67. The minimum absolute atomic E-state index is 0.315. The highest BCUT2D eigenvalue weighted by atomic mass is 32.2. The van der Waals surface area contributed by atoms with Gasteiger partial charge in [0.25, 0.3) is 20.0 Å². The van der Waals surface area contributed by atoms with Crippen LogP contribution in [0.25, 0.3) is 0 Å². The number of benzene rings is 3.